The van der Waals surface area contributed by atoms with Crippen LogP contribution in [0.25, 0.3) is 0 Å². The minimum absolute atomic E-state index is 0.151. The predicted octanol–water partition coefficient (Wildman–Crippen LogP) is 2.53. The zero-order chi connectivity index (χ0) is 17.6. The van der Waals surface area contributed by atoms with Gasteiger partial charge in [0.25, 0.3) is 0 Å². The summed E-state index contributed by atoms with van der Waals surface area (Å²) in [4.78, 5) is 16.4. The molecule has 1 aliphatic heterocycles. The number of nitrogens with zero attached hydrogens (tertiary/aromatic N) is 4. The maximum atomic E-state index is 12.3. The van der Waals surface area contributed by atoms with Gasteiger partial charge >= 0.3 is 0 Å². The molecule has 2 aromatic rings. The van der Waals surface area contributed by atoms with E-state index < -0.39 is 0 Å². The van der Waals surface area contributed by atoms with Crippen LogP contribution in [-0.2, 0) is 11.2 Å². The van der Waals surface area contributed by atoms with Gasteiger partial charge in [0.15, 0.2) is 0 Å². The first kappa shape index (κ1) is 17.7. The number of aryl methyl sites for hydroxylation is 2. The lowest BCUT2D eigenvalue weighted by Crippen LogP contribution is -2.49. The number of carbonyl (C=O) groups excluding carboxylic acids is 1. The average molecular weight is 360 g/mol. The minimum Gasteiger partial charge on any atom is -0.493 e. The Hall–Kier alpha value is -2.15. The van der Waals surface area contributed by atoms with Crippen molar-refractivity contribution in [1.82, 2.24) is 15.1 Å². The fourth-order valence-corrected chi connectivity index (χ4v) is 3.54. The fraction of sp³-hybridized carbons (Fsp3) is 0.500. The van der Waals surface area contributed by atoms with Crippen LogP contribution in [-0.4, -0.2) is 53.8 Å². The lowest BCUT2D eigenvalue weighted by Gasteiger charge is -2.34. The predicted molar refractivity (Wildman–Crippen MR) is 99.4 cm³/mol. The van der Waals surface area contributed by atoms with Crippen molar-refractivity contribution in [3.63, 3.8) is 0 Å². The zero-order valence-electron chi connectivity index (χ0n) is 14.8. The van der Waals surface area contributed by atoms with Gasteiger partial charge in [-0.25, -0.2) is 0 Å². The molecule has 0 radical (unpaired) electrons. The Labute approximate surface area is 152 Å². The highest BCUT2D eigenvalue weighted by atomic mass is 32.1. The van der Waals surface area contributed by atoms with Gasteiger partial charge in [-0.3, -0.25) is 4.79 Å². The number of hydrogen-bond acceptors (Lipinski definition) is 6. The van der Waals surface area contributed by atoms with Crippen molar-refractivity contribution in [2.75, 3.05) is 37.7 Å². The van der Waals surface area contributed by atoms with E-state index in [9.17, 15) is 4.79 Å². The summed E-state index contributed by atoms with van der Waals surface area (Å²) in [5, 5.41) is 10.1. The van der Waals surface area contributed by atoms with Crippen LogP contribution in [0, 0.1) is 6.92 Å². The molecule has 1 saturated heterocycles. The van der Waals surface area contributed by atoms with E-state index in [-0.39, 0.29) is 5.91 Å². The number of anilines is 1. The van der Waals surface area contributed by atoms with Crippen LogP contribution in [0.1, 0.15) is 23.9 Å². The molecule has 3 rings (SSSR count). The van der Waals surface area contributed by atoms with E-state index in [1.54, 1.807) is 11.3 Å². The number of carbonyl (C=O) groups is 1. The molecular formula is C18H24N4O2S. The third kappa shape index (κ3) is 4.69. The third-order valence-corrected chi connectivity index (χ3v) is 5.23. The second kappa shape index (κ2) is 8.29. The zero-order valence-corrected chi connectivity index (χ0v) is 15.6. The summed E-state index contributed by atoms with van der Waals surface area (Å²) in [5.74, 6) is 0.972. The topological polar surface area (TPSA) is 58.6 Å². The first-order valence-electron chi connectivity index (χ1n) is 8.70. The van der Waals surface area contributed by atoms with Crippen molar-refractivity contribution >= 4 is 22.4 Å². The molecule has 6 nitrogen and oxygen atoms in total. The number of rotatable bonds is 6. The summed E-state index contributed by atoms with van der Waals surface area (Å²) in [6.45, 7) is 7.56. The number of benzene rings is 1. The molecule has 0 saturated carbocycles. The van der Waals surface area contributed by atoms with Crippen LogP contribution in [0.15, 0.2) is 24.3 Å². The molecule has 0 atom stereocenters. The second-order valence-electron chi connectivity index (χ2n) is 6.07. The fourth-order valence-electron chi connectivity index (χ4n) is 2.80. The summed E-state index contributed by atoms with van der Waals surface area (Å²) in [6, 6.07) is 8.05. The largest absolute Gasteiger partial charge is 0.493 e. The van der Waals surface area contributed by atoms with E-state index in [1.807, 2.05) is 24.0 Å². The van der Waals surface area contributed by atoms with E-state index in [2.05, 4.69) is 34.2 Å². The van der Waals surface area contributed by atoms with Crippen molar-refractivity contribution in [3.8, 4) is 5.75 Å². The van der Waals surface area contributed by atoms with Gasteiger partial charge in [0.05, 0.1) is 13.0 Å². The van der Waals surface area contributed by atoms with Gasteiger partial charge in [-0.1, -0.05) is 30.4 Å². The Morgan fingerprint density at radius 3 is 2.48 bits per heavy atom. The summed E-state index contributed by atoms with van der Waals surface area (Å²) in [7, 11) is 0. The van der Waals surface area contributed by atoms with Crippen molar-refractivity contribution in [2.24, 2.45) is 0 Å². The van der Waals surface area contributed by atoms with E-state index in [4.69, 9.17) is 4.74 Å². The maximum absolute atomic E-state index is 12.3. The van der Waals surface area contributed by atoms with Gasteiger partial charge in [0, 0.05) is 26.2 Å². The first-order chi connectivity index (χ1) is 12.2. The van der Waals surface area contributed by atoms with E-state index in [1.165, 1.54) is 5.56 Å². The molecule has 1 aliphatic rings. The molecule has 0 unspecified atom stereocenters. The molecular weight excluding hydrogens is 336 g/mol. The van der Waals surface area contributed by atoms with Gasteiger partial charge in [0.2, 0.25) is 11.0 Å². The highest BCUT2D eigenvalue weighted by Gasteiger charge is 2.22. The lowest BCUT2D eigenvalue weighted by molar-refractivity contribution is -0.132. The molecule has 1 fully saturated rings. The minimum atomic E-state index is 0.151. The number of aromatic nitrogens is 2. The molecule has 0 bridgehead atoms. The van der Waals surface area contributed by atoms with Crippen molar-refractivity contribution in [3.05, 3.63) is 34.8 Å². The van der Waals surface area contributed by atoms with Crippen LogP contribution in [0.5, 0.6) is 5.75 Å². The molecule has 0 spiro atoms. The Bertz CT molecular complexity index is 693. The monoisotopic (exact) mass is 360 g/mol. The van der Waals surface area contributed by atoms with Gasteiger partial charge in [0.1, 0.15) is 10.8 Å². The van der Waals surface area contributed by atoms with Crippen molar-refractivity contribution < 1.29 is 9.53 Å². The molecule has 0 aliphatic carbocycles. The highest BCUT2D eigenvalue weighted by Crippen LogP contribution is 2.21. The number of ether oxygens (including phenoxy) is 1. The third-order valence-electron chi connectivity index (χ3n) is 4.33. The summed E-state index contributed by atoms with van der Waals surface area (Å²) in [5.41, 5.74) is 1.28. The van der Waals surface area contributed by atoms with Crippen LogP contribution in [0.3, 0.4) is 0 Å². The molecule has 7 heteroatoms. The Morgan fingerprint density at radius 1 is 1.16 bits per heavy atom. The molecule has 25 heavy (non-hydrogen) atoms. The molecule has 0 N–H and O–H groups in total. The van der Waals surface area contributed by atoms with E-state index >= 15 is 0 Å². The normalized spacial score (nSPS) is 14.6. The smallest absolute Gasteiger partial charge is 0.226 e. The van der Waals surface area contributed by atoms with E-state index in [0.29, 0.717) is 13.0 Å². The van der Waals surface area contributed by atoms with Crippen LogP contribution < -0.4 is 9.64 Å². The van der Waals surface area contributed by atoms with Gasteiger partial charge in [-0.15, -0.1) is 10.2 Å². The molecule has 1 aromatic carbocycles. The SMILES string of the molecule is CCc1ccc(OCCC(=O)N2CCN(c3nnc(C)s3)CC2)cc1. The lowest BCUT2D eigenvalue weighted by atomic mass is 10.2. The average Bonchev–Trinajstić information content (AvgIpc) is 3.09. The Balaban J connectivity index is 1.40. The van der Waals surface area contributed by atoms with Gasteiger partial charge in [-0.05, 0) is 31.0 Å². The molecule has 1 amide bonds. The van der Waals surface area contributed by atoms with Crippen LogP contribution in [0.2, 0.25) is 0 Å². The maximum Gasteiger partial charge on any atom is 0.226 e. The number of amides is 1. The summed E-state index contributed by atoms with van der Waals surface area (Å²) < 4.78 is 5.69. The Morgan fingerprint density at radius 2 is 1.88 bits per heavy atom. The first-order valence-corrected chi connectivity index (χ1v) is 9.52. The summed E-state index contributed by atoms with van der Waals surface area (Å²) in [6.07, 6.45) is 1.43. The number of piperazine rings is 1. The summed E-state index contributed by atoms with van der Waals surface area (Å²) >= 11 is 1.60. The standard InChI is InChI=1S/C18H24N4O2S/c1-3-15-4-6-16(7-5-15)24-13-8-17(23)21-9-11-22(12-10-21)18-20-19-14(2)25-18/h4-7H,3,8-13H2,1-2H3. The Kier molecular flexibility index (Phi) is 5.86. The van der Waals surface area contributed by atoms with Crippen molar-refractivity contribution in [1.29, 1.82) is 0 Å². The van der Waals surface area contributed by atoms with Crippen LogP contribution in [0.4, 0.5) is 5.13 Å². The van der Waals surface area contributed by atoms with E-state index in [0.717, 1.165) is 48.5 Å². The molecule has 2 heterocycles. The van der Waals surface area contributed by atoms with Gasteiger partial charge < -0.3 is 14.5 Å². The number of hydrogen-bond donors (Lipinski definition) is 0. The molecule has 1 aromatic heterocycles. The van der Waals surface area contributed by atoms with Crippen molar-refractivity contribution in [2.45, 2.75) is 26.7 Å². The van der Waals surface area contributed by atoms with Crippen LogP contribution >= 0.6 is 11.3 Å². The van der Waals surface area contributed by atoms with Gasteiger partial charge in [-0.2, -0.15) is 0 Å². The quantitative estimate of drug-likeness (QED) is 0.792. The second-order valence-corrected chi connectivity index (χ2v) is 7.23. The highest BCUT2D eigenvalue weighted by molar-refractivity contribution is 7.15. The molecule has 134 valence electrons.